The number of nitrogens with two attached hydrogens (primary N) is 1. The number of fused-ring (bicyclic) bond motifs is 1. The normalized spacial score (nSPS) is 13.2. The highest BCUT2D eigenvalue weighted by Crippen LogP contribution is 2.23. The maximum atomic E-state index is 6.08. The Morgan fingerprint density at radius 3 is 2.94 bits per heavy atom. The van der Waals surface area contributed by atoms with Crippen LogP contribution in [-0.2, 0) is 4.74 Å². The molecule has 16 heavy (non-hydrogen) atoms. The third-order valence-electron chi connectivity index (χ3n) is 2.72. The second kappa shape index (κ2) is 4.14. The number of nitrogens with zero attached hydrogens (tertiary/aromatic N) is 2. The molecule has 0 aromatic carbocycles. The molecule has 1 atom stereocenters. The molecular formula is C12H17N3O. The van der Waals surface area contributed by atoms with Crippen molar-refractivity contribution in [1.82, 2.24) is 9.38 Å². The zero-order chi connectivity index (χ0) is 11.7. The van der Waals surface area contributed by atoms with Crippen LogP contribution in [-0.4, -0.2) is 23.1 Å². The number of hydrogen-bond acceptors (Lipinski definition) is 3. The highest BCUT2D eigenvalue weighted by Gasteiger charge is 2.15. The molecule has 2 N–H and O–H groups in total. The Kier molecular flexibility index (Phi) is 2.83. The molecule has 0 aliphatic carbocycles. The van der Waals surface area contributed by atoms with Crippen LogP contribution in [0.1, 0.15) is 24.1 Å². The Morgan fingerprint density at radius 1 is 1.50 bits per heavy atom. The van der Waals surface area contributed by atoms with Crippen molar-refractivity contribution in [1.29, 1.82) is 0 Å². The number of aryl methyl sites for hydroxylation is 1. The van der Waals surface area contributed by atoms with Crippen molar-refractivity contribution in [2.75, 3.05) is 19.5 Å². The van der Waals surface area contributed by atoms with Gasteiger partial charge in [-0.25, -0.2) is 4.98 Å². The van der Waals surface area contributed by atoms with Crippen LogP contribution in [0.25, 0.3) is 5.65 Å². The van der Waals surface area contributed by atoms with Crippen molar-refractivity contribution in [3.05, 3.63) is 29.6 Å². The smallest absolute Gasteiger partial charge is 0.138 e. The number of anilines is 1. The van der Waals surface area contributed by atoms with E-state index in [1.165, 1.54) is 5.56 Å². The van der Waals surface area contributed by atoms with E-state index in [0.717, 1.165) is 11.3 Å². The molecule has 86 valence electrons. The van der Waals surface area contributed by atoms with E-state index in [-0.39, 0.29) is 5.92 Å². The van der Waals surface area contributed by atoms with Crippen molar-refractivity contribution in [3.8, 4) is 0 Å². The molecule has 4 nitrogen and oxygen atoms in total. The summed E-state index contributed by atoms with van der Waals surface area (Å²) in [5.41, 5.74) is 9.05. The predicted molar refractivity (Wildman–Crippen MR) is 64.6 cm³/mol. The Morgan fingerprint density at radius 2 is 2.25 bits per heavy atom. The first kappa shape index (κ1) is 11.0. The van der Waals surface area contributed by atoms with Crippen LogP contribution < -0.4 is 5.73 Å². The monoisotopic (exact) mass is 219 g/mol. The van der Waals surface area contributed by atoms with Gasteiger partial charge in [0.05, 0.1) is 12.3 Å². The Bertz CT molecular complexity index is 504. The van der Waals surface area contributed by atoms with Gasteiger partial charge < -0.3 is 10.5 Å². The van der Waals surface area contributed by atoms with Crippen molar-refractivity contribution >= 4 is 11.5 Å². The minimum atomic E-state index is 0.213. The van der Waals surface area contributed by atoms with E-state index in [0.29, 0.717) is 12.4 Å². The number of aromatic nitrogens is 2. The molecule has 0 amide bonds. The standard InChI is InChI=1S/C12H17N3O/c1-8-4-5-10-14-11(9(2)7-16-3)12(13)15(10)6-8/h4-6,9H,7,13H2,1-3H3. The van der Waals surface area contributed by atoms with E-state index in [2.05, 4.69) is 11.9 Å². The number of hydrogen-bond donors (Lipinski definition) is 1. The third-order valence-corrected chi connectivity index (χ3v) is 2.72. The fourth-order valence-electron chi connectivity index (χ4n) is 1.88. The summed E-state index contributed by atoms with van der Waals surface area (Å²) < 4.78 is 7.06. The Hall–Kier alpha value is -1.55. The number of methoxy groups -OCH3 is 1. The van der Waals surface area contributed by atoms with Crippen molar-refractivity contribution < 1.29 is 4.74 Å². The Balaban J connectivity index is 2.51. The highest BCUT2D eigenvalue weighted by molar-refractivity contribution is 5.54. The summed E-state index contributed by atoms with van der Waals surface area (Å²) in [5.74, 6) is 0.924. The molecule has 0 aliphatic heterocycles. The second-order valence-corrected chi connectivity index (χ2v) is 4.17. The van der Waals surface area contributed by atoms with Crippen LogP contribution >= 0.6 is 0 Å². The first-order valence-electron chi connectivity index (χ1n) is 5.36. The Labute approximate surface area is 95.0 Å². The van der Waals surface area contributed by atoms with Gasteiger partial charge in [-0.05, 0) is 18.6 Å². The minimum absolute atomic E-state index is 0.213. The van der Waals surface area contributed by atoms with E-state index < -0.39 is 0 Å². The van der Waals surface area contributed by atoms with Gasteiger partial charge in [-0.2, -0.15) is 0 Å². The van der Waals surface area contributed by atoms with Gasteiger partial charge in [0, 0.05) is 19.2 Å². The van der Waals surface area contributed by atoms with Gasteiger partial charge in [0.25, 0.3) is 0 Å². The summed E-state index contributed by atoms with van der Waals surface area (Å²) in [5, 5.41) is 0. The topological polar surface area (TPSA) is 52.5 Å². The van der Waals surface area contributed by atoms with Crippen molar-refractivity contribution in [2.24, 2.45) is 0 Å². The zero-order valence-corrected chi connectivity index (χ0v) is 9.90. The molecule has 4 heteroatoms. The van der Waals surface area contributed by atoms with Crippen LogP contribution in [0.5, 0.6) is 0 Å². The van der Waals surface area contributed by atoms with Crippen LogP contribution in [0.2, 0.25) is 0 Å². The molecule has 2 aromatic rings. The minimum Gasteiger partial charge on any atom is -0.384 e. The summed E-state index contributed by atoms with van der Waals surface area (Å²) in [6, 6.07) is 4.02. The lowest BCUT2D eigenvalue weighted by atomic mass is 10.1. The van der Waals surface area contributed by atoms with Gasteiger partial charge in [-0.3, -0.25) is 4.40 Å². The average molecular weight is 219 g/mol. The van der Waals surface area contributed by atoms with E-state index >= 15 is 0 Å². The summed E-state index contributed by atoms with van der Waals surface area (Å²) in [6.07, 6.45) is 2.00. The zero-order valence-electron chi connectivity index (χ0n) is 9.90. The molecule has 0 fully saturated rings. The molecule has 0 radical (unpaired) electrons. The largest absolute Gasteiger partial charge is 0.384 e. The van der Waals surface area contributed by atoms with Crippen LogP contribution in [0, 0.1) is 6.92 Å². The van der Waals surface area contributed by atoms with E-state index in [1.807, 2.05) is 29.7 Å². The summed E-state index contributed by atoms with van der Waals surface area (Å²) in [7, 11) is 1.69. The SMILES string of the molecule is COCC(C)c1nc2ccc(C)cn2c1N. The molecule has 0 saturated carbocycles. The second-order valence-electron chi connectivity index (χ2n) is 4.17. The van der Waals surface area contributed by atoms with Crippen LogP contribution in [0.3, 0.4) is 0 Å². The average Bonchev–Trinajstić information content (AvgIpc) is 2.57. The van der Waals surface area contributed by atoms with Crippen LogP contribution in [0.15, 0.2) is 18.3 Å². The van der Waals surface area contributed by atoms with E-state index in [1.54, 1.807) is 7.11 Å². The lowest BCUT2D eigenvalue weighted by Gasteiger charge is -2.07. The van der Waals surface area contributed by atoms with Crippen LogP contribution in [0.4, 0.5) is 5.82 Å². The van der Waals surface area contributed by atoms with Gasteiger partial charge in [0.1, 0.15) is 11.5 Å². The number of rotatable bonds is 3. The van der Waals surface area contributed by atoms with Gasteiger partial charge in [0.15, 0.2) is 0 Å². The first-order valence-corrected chi connectivity index (χ1v) is 5.36. The van der Waals surface area contributed by atoms with E-state index in [9.17, 15) is 0 Å². The summed E-state index contributed by atoms with van der Waals surface area (Å²) in [6.45, 7) is 4.73. The fourth-order valence-corrected chi connectivity index (χ4v) is 1.88. The number of imidazole rings is 1. The molecule has 0 spiro atoms. The van der Waals surface area contributed by atoms with Gasteiger partial charge in [-0.15, -0.1) is 0 Å². The molecule has 0 saturated heterocycles. The lowest BCUT2D eigenvalue weighted by molar-refractivity contribution is 0.183. The quantitative estimate of drug-likeness (QED) is 0.858. The van der Waals surface area contributed by atoms with E-state index in [4.69, 9.17) is 10.5 Å². The summed E-state index contributed by atoms with van der Waals surface area (Å²) in [4.78, 5) is 4.53. The third kappa shape index (κ3) is 1.76. The van der Waals surface area contributed by atoms with Gasteiger partial charge in [0.2, 0.25) is 0 Å². The van der Waals surface area contributed by atoms with Gasteiger partial charge >= 0.3 is 0 Å². The fraction of sp³-hybridized carbons (Fsp3) is 0.417. The van der Waals surface area contributed by atoms with Gasteiger partial charge in [-0.1, -0.05) is 13.0 Å². The highest BCUT2D eigenvalue weighted by atomic mass is 16.5. The van der Waals surface area contributed by atoms with Crippen molar-refractivity contribution in [2.45, 2.75) is 19.8 Å². The maximum Gasteiger partial charge on any atom is 0.138 e. The molecule has 2 rings (SSSR count). The summed E-state index contributed by atoms with van der Waals surface area (Å²) >= 11 is 0. The molecule has 0 bridgehead atoms. The van der Waals surface area contributed by atoms with Crippen molar-refractivity contribution in [3.63, 3.8) is 0 Å². The molecule has 2 aromatic heterocycles. The molecule has 2 heterocycles. The lowest BCUT2D eigenvalue weighted by Crippen LogP contribution is -2.05. The molecular weight excluding hydrogens is 202 g/mol. The number of nitrogen functional groups attached to an aromatic ring is 1. The maximum absolute atomic E-state index is 6.08. The molecule has 1 unspecified atom stereocenters. The predicted octanol–water partition coefficient (Wildman–Crippen LogP) is 1.97. The number of pyridine rings is 1. The molecule has 0 aliphatic rings. The number of ether oxygens (including phenoxy) is 1. The first-order chi connectivity index (χ1) is 7.63.